The maximum atomic E-state index is 15.0. The Hall–Kier alpha value is -4.66. The van der Waals surface area contributed by atoms with Gasteiger partial charge in [0.1, 0.15) is 18.0 Å². The number of rotatable bonds is 6. The van der Waals surface area contributed by atoms with E-state index in [2.05, 4.69) is 20.5 Å². The second-order valence-corrected chi connectivity index (χ2v) is 8.04. The molecule has 1 amide bonds. The number of nitrogens with one attached hydrogen (secondary N) is 2. The van der Waals surface area contributed by atoms with Crippen molar-refractivity contribution in [3.8, 4) is 16.8 Å². The molecule has 174 valence electrons. The lowest BCUT2D eigenvalue weighted by atomic mass is 10.0. The van der Waals surface area contributed by atoms with Crippen molar-refractivity contribution in [1.82, 2.24) is 25.1 Å². The molecule has 0 saturated heterocycles. The van der Waals surface area contributed by atoms with Crippen LogP contribution in [-0.4, -0.2) is 37.5 Å². The van der Waals surface area contributed by atoms with Crippen LogP contribution in [0.5, 0.6) is 0 Å². The topological polar surface area (TPSA) is 92.7 Å². The molecule has 0 unspecified atom stereocenters. The fourth-order valence-electron chi connectivity index (χ4n) is 3.84. The van der Waals surface area contributed by atoms with Crippen molar-refractivity contribution >= 4 is 22.7 Å². The van der Waals surface area contributed by atoms with Crippen molar-refractivity contribution < 1.29 is 18.4 Å². The number of aromatic amines is 1. The minimum absolute atomic E-state index is 0.198. The molecule has 2 aromatic heterocycles. The van der Waals surface area contributed by atoms with Gasteiger partial charge in [0.05, 0.1) is 34.5 Å². The van der Waals surface area contributed by atoms with Gasteiger partial charge in [0.25, 0.3) is 5.91 Å². The van der Waals surface area contributed by atoms with Gasteiger partial charge in [-0.15, -0.1) is 0 Å². The van der Waals surface area contributed by atoms with Crippen LogP contribution in [0.15, 0.2) is 79.4 Å². The Kier molecular flexibility index (Phi) is 5.66. The molecule has 0 radical (unpaired) electrons. The van der Waals surface area contributed by atoms with Crippen LogP contribution in [0, 0.1) is 11.6 Å². The van der Waals surface area contributed by atoms with Gasteiger partial charge < -0.3 is 5.32 Å². The van der Waals surface area contributed by atoms with E-state index >= 15 is 0 Å². The Labute approximate surface area is 198 Å². The second-order valence-electron chi connectivity index (χ2n) is 8.04. The summed E-state index contributed by atoms with van der Waals surface area (Å²) >= 11 is 0. The lowest BCUT2D eigenvalue weighted by Crippen LogP contribution is -2.38. The third-order valence-corrected chi connectivity index (χ3v) is 5.72. The van der Waals surface area contributed by atoms with E-state index < -0.39 is 29.4 Å². The zero-order chi connectivity index (χ0) is 24.5. The van der Waals surface area contributed by atoms with Crippen molar-refractivity contribution in [2.45, 2.75) is 13.0 Å². The molecule has 3 aromatic carbocycles. The summed E-state index contributed by atoms with van der Waals surface area (Å²) in [6, 6.07) is 14.0. The van der Waals surface area contributed by atoms with Crippen LogP contribution < -0.4 is 5.32 Å². The van der Waals surface area contributed by atoms with Crippen molar-refractivity contribution in [3.05, 3.63) is 102 Å². The Morgan fingerprint density at radius 1 is 1.00 bits per heavy atom. The van der Waals surface area contributed by atoms with E-state index in [1.54, 1.807) is 29.4 Å². The largest absolute Gasteiger partial charge is 0.342 e. The smallest absolute Gasteiger partial charge is 0.254 e. The Bertz CT molecular complexity index is 1540. The standard InChI is InChI=1S/C26H19F2N5O2/c1-15(25(34)16-2-5-19(27)6-3-16)32-26(35)21-8-7-20(11-22(21)28)33-14-29-23-9-4-17(10-24(23)33)18-12-30-31-13-18/h2-15H,1H3,(H,30,31)(H,32,35)/t15-/m0/s1. The lowest BCUT2D eigenvalue weighted by molar-refractivity contribution is 0.0863. The van der Waals surface area contributed by atoms with E-state index in [9.17, 15) is 18.4 Å². The Balaban J connectivity index is 1.38. The van der Waals surface area contributed by atoms with E-state index in [-0.39, 0.29) is 11.1 Å². The van der Waals surface area contributed by atoms with Crippen LogP contribution in [0.25, 0.3) is 27.8 Å². The average molecular weight is 471 g/mol. The molecule has 7 nitrogen and oxygen atoms in total. The zero-order valence-corrected chi connectivity index (χ0v) is 18.5. The normalized spacial score (nSPS) is 12.0. The zero-order valence-electron chi connectivity index (χ0n) is 18.5. The molecule has 0 aliphatic carbocycles. The maximum absolute atomic E-state index is 15.0. The van der Waals surface area contributed by atoms with Gasteiger partial charge in [0.15, 0.2) is 5.78 Å². The predicted molar refractivity (Wildman–Crippen MR) is 126 cm³/mol. The predicted octanol–water partition coefficient (Wildman–Crippen LogP) is 4.70. The van der Waals surface area contributed by atoms with E-state index in [1.807, 2.05) is 18.2 Å². The molecule has 0 aliphatic heterocycles. The van der Waals surface area contributed by atoms with E-state index in [0.717, 1.165) is 34.3 Å². The van der Waals surface area contributed by atoms with Crippen LogP contribution in [-0.2, 0) is 0 Å². The number of imidazole rings is 1. The number of hydrogen-bond donors (Lipinski definition) is 2. The number of hydrogen-bond acceptors (Lipinski definition) is 4. The third kappa shape index (κ3) is 4.31. The quantitative estimate of drug-likeness (QED) is 0.351. The number of fused-ring (bicyclic) bond motifs is 1. The van der Waals surface area contributed by atoms with Gasteiger partial charge in [-0.2, -0.15) is 5.10 Å². The number of benzene rings is 3. The first-order valence-electron chi connectivity index (χ1n) is 10.8. The number of carbonyl (C=O) groups excluding carboxylic acids is 2. The van der Waals surface area contributed by atoms with Crippen LogP contribution in [0.4, 0.5) is 8.78 Å². The number of H-pyrrole nitrogens is 1. The summed E-state index contributed by atoms with van der Waals surface area (Å²) in [5.41, 5.74) is 3.85. The fraction of sp³-hybridized carbons (Fsp3) is 0.0769. The molecule has 1 atom stereocenters. The Morgan fingerprint density at radius 2 is 1.80 bits per heavy atom. The molecular formula is C26H19F2N5O2. The van der Waals surface area contributed by atoms with Gasteiger partial charge in [0.2, 0.25) is 0 Å². The molecule has 2 heterocycles. The Morgan fingerprint density at radius 3 is 2.51 bits per heavy atom. The number of halogens is 2. The first-order chi connectivity index (χ1) is 16.9. The molecule has 0 aliphatic rings. The summed E-state index contributed by atoms with van der Waals surface area (Å²) in [5, 5.41) is 9.25. The molecule has 5 aromatic rings. The third-order valence-electron chi connectivity index (χ3n) is 5.72. The summed E-state index contributed by atoms with van der Waals surface area (Å²) < 4.78 is 29.8. The van der Waals surface area contributed by atoms with E-state index in [0.29, 0.717) is 5.69 Å². The molecule has 0 bridgehead atoms. The first-order valence-corrected chi connectivity index (χ1v) is 10.8. The van der Waals surface area contributed by atoms with Crippen LogP contribution >= 0.6 is 0 Å². The second kappa shape index (κ2) is 8.94. The van der Waals surface area contributed by atoms with Crippen molar-refractivity contribution in [3.63, 3.8) is 0 Å². The highest BCUT2D eigenvalue weighted by atomic mass is 19.1. The summed E-state index contributed by atoms with van der Waals surface area (Å²) in [7, 11) is 0. The number of Topliss-reactive ketones (excluding diaryl/α,β-unsaturated/α-hetero) is 1. The summed E-state index contributed by atoms with van der Waals surface area (Å²) in [6.45, 7) is 1.49. The van der Waals surface area contributed by atoms with Gasteiger partial charge >= 0.3 is 0 Å². The van der Waals surface area contributed by atoms with Crippen molar-refractivity contribution in [2.75, 3.05) is 0 Å². The van der Waals surface area contributed by atoms with Crippen LogP contribution in [0.1, 0.15) is 27.6 Å². The molecule has 0 spiro atoms. The van der Waals surface area contributed by atoms with Gasteiger partial charge in [-0.3, -0.25) is 19.3 Å². The number of nitrogens with zero attached hydrogens (tertiary/aromatic N) is 3. The SMILES string of the molecule is C[C@H](NC(=O)c1ccc(-n2cnc3ccc(-c4cn[nH]c4)cc32)cc1F)C(=O)c1ccc(F)cc1. The molecular weight excluding hydrogens is 452 g/mol. The van der Waals surface area contributed by atoms with Gasteiger partial charge in [-0.1, -0.05) is 6.07 Å². The average Bonchev–Trinajstić information content (AvgIpc) is 3.54. The molecule has 9 heteroatoms. The first kappa shape index (κ1) is 22.1. The van der Waals surface area contributed by atoms with Gasteiger partial charge in [0, 0.05) is 17.3 Å². The highest BCUT2D eigenvalue weighted by Gasteiger charge is 2.21. The minimum atomic E-state index is -0.925. The summed E-state index contributed by atoms with van der Waals surface area (Å²) in [6.07, 6.45) is 5.06. The highest BCUT2D eigenvalue weighted by molar-refractivity contribution is 6.04. The van der Waals surface area contributed by atoms with Crippen molar-refractivity contribution in [1.29, 1.82) is 0 Å². The van der Waals surface area contributed by atoms with Crippen molar-refractivity contribution in [2.24, 2.45) is 0 Å². The summed E-state index contributed by atoms with van der Waals surface area (Å²) in [4.78, 5) is 29.5. The number of carbonyl (C=O) groups is 2. The number of ketones is 1. The summed E-state index contributed by atoms with van der Waals surface area (Å²) in [5.74, 6) is -2.35. The fourth-order valence-corrected chi connectivity index (χ4v) is 3.84. The monoisotopic (exact) mass is 471 g/mol. The van der Waals surface area contributed by atoms with Gasteiger partial charge in [-0.25, -0.2) is 13.8 Å². The van der Waals surface area contributed by atoms with E-state index in [4.69, 9.17) is 0 Å². The number of amides is 1. The van der Waals surface area contributed by atoms with Gasteiger partial charge in [-0.05, 0) is 67.1 Å². The minimum Gasteiger partial charge on any atom is -0.342 e. The molecule has 2 N–H and O–H groups in total. The number of aromatic nitrogens is 4. The molecule has 35 heavy (non-hydrogen) atoms. The van der Waals surface area contributed by atoms with Crippen LogP contribution in [0.2, 0.25) is 0 Å². The molecule has 0 fully saturated rings. The molecule has 0 saturated carbocycles. The highest BCUT2D eigenvalue weighted by Crippen LogP contribution is 2.26. The van der Waals surface area contributed by atoms with E-state index in [1.165, 1.54) is 31.2 Å². The maximum Gasteiger partial charge on any atom is 0.254 e. The lowest BCUT2D eigenvalue weighted by Gasteiger charge is -2.14. The van der Waals surface area contributed by atoms with Crippen LogP contribution in [0.3, 0.4) is 0 Å². The molecule has 5 rings (SSSR count).